The van der Waals surface area contributed by atoms with Crippen LogP contribution in [-0.2, 0) is 21.2 Å². The molecule has 0 radical (unpaired) electrons. The van der Waals surface area contributed by atoms with Crippen molar-refractivity contribution < 1.29 is 13.2 Å². The lowest BCUT2D eigenvalue weighted by Crippen LogP contribution is -2.32. The lowest BCUT2D eigenvalue weighted by atomic mass is 10.1. The Kier molecular flexibility index (Phi) is 6.11. The average molecular weight is 346 g/mol. The monoisotopic (exact) mass is 346 g/mol. The van der Waals surface area contributed by atoms with Crippen LogP contribution in [0.4, 0.5) is 5.69 Å². The molecule has 0 aliphatic carbocycles. The summed E-state index contributed by atoms with van der Waals surface area (Å²) in [5, 5.41) is 2.61. The number of amides is 1. The Labute approximate surface area is 143 Å². The van der Waals surface area contributed by atoms with Crippen LogP contribution in [0.5, 0.6) is 0 Å². The Morgan fingerprint density at radius 2 is 1.67 bits per heavy atom. The number of nitrogens with one attached hydrogen (secondary N) is 2. The van der Waals surface area contributed by atoms with Gasteiger partial charge in [-0.15, -0.1) is 0 Å². The van der Waals surface area contributed by atoms with Gasteiger partial charge >= 0.3 is 0 Å². The Morgan fingerprint density at radius 1 is 1.04 bits per heavy atom. The first-order chi connectivity index (χ1) is 11.4. The third kappa shape index (κ3) is 5.47. The topological polar surface area (TPSA) is 75.3 Å². The van der Waals surface area contributed by atoms with Gasteiger partial charge in [0.15, 0.2) is 0 Å². The van der Waals surface area contributed by atoms with Crippen LogP contribution in [-0.4, -0.2) is 20.4 Å². The quantitative estimate of drug-likeness (QED) is 0.809. The van der Waals surface area contributed by atoms with E-state index >= 15 is 0 Å². The highest BCUT2D eigenvalue weighted by atomic mass is 32.2. The van der Waals surface area contributed by atoms with Gasteiger partial charge < -0.3 is 5.32 Å². The highest BCUT2D eigenvalue weighted by Crippen LogP contribution is 2.15. The van der Waals surface area contributed by atoms with E-state index in [9.17, 15) is 13.2 Å². The zero-order valence-electron chi connectivity index (χ0n) is 13.8. The van der Waals surface area contributed by atoms with E-state index in [1.807, 2.05) is 37.3 Å². The lowest BCUT2D eigenvalue weighted by Gasteiger charge is -2.14. The van der Waals surface area contributed by atoms with Crippen LogP contribution in [0.25, 0.3) is 0 Å². The average Bonchev–Trinajstić information content (AvgIpc) is 2.53. The molecular weight excluding hydrogens is 324 g/mol. The fraction of sp³-hybridized carbons (Fsp3) is 0.278. The molecule has 0 heterocycles. The van der Waals surface area contributed by atoms with Gasteiger partial charge in [-0.3, -0.25) is 4.79 Å². The minimum Gasteiger partial charge on any atom is -0.326 e. The van der Waals surface area contributed by atoms with Crippen molar-refractivity contribution in [3.63, 3.8) is 0 Å². The summed E-state index contributed by atoms with van der Waals surface area (Å²) in [4.78, 5) is 11.2. The smallest absolute Gasteiger partial charge is 0.240 e. The number of hydrogen-bond donors (Lipinski definition) is 2. The molecule has 2 N–H and O–H groups in total. The molecule has 0 aromatic heterocycles. The maximum atomic E-state index is 12.4. The van der Waals surface area contributed by atoms with Crippen LogP contribution in [0.1, 0.15) is 25.8 Å². The van der Waals surface area contributed by atoms with Gasteiger partial charge in [0.1, 0.15) is 0 Å². The molecule has 24 heavy (non-hydrogen) atoms. The zero-order chi connectivity index (χ0) is 17.6. The Hall–Kier alpha value is -2.18. The van der Waals surface area contributed by atoms with Crippen molar-refractivity contribution in [2.45, 2.75) is 37.6 Å². The summed E-state index contributed by atoms with van der Waals surface area (Å²) in [6.07, 6.45) is 1.53. The Morgan fingerprint density at radius 3 is 2.25 bits per heavy atom. The van der Waals surface area contributed by atoms with E-state index < -0.39 is 10.0 Å². The van der Waals surface area contributed by atoms with E-state index in [1.165, 1.54) is 24.6 Å². The lowest BCUT2D eigenvalue weighted by molar-refractivity contribution is -0.114. The highest BCUT2D eigenvalue weighted by molar-refractivity contribution is 7.89. The van der Waals surface area contributed by atoms with E-state index in [0.717, 1.165) is 6.42 Å². The predicted molar refractivity (Wildman–Crippen MR) is 95.3 cm³/mol. The molecule has 0 aliphatic heterocycles. The minimum atomic E-state index is -3.57. The number of rotatable bonds is 7. The molecule has 5 nitrogen and oxygen atoms in total. The number of anilines is 1. The van der Waals surface area contributed by atoms with Crippen molar-refractivity contribution in [2.75, 3.05) is 5.32 Å². The van der Waals surface area contributed by atoms with E-state index in [4.69, 9.17) is 0 Å². The summed E-state index contributed by atoms with van der Waals surface area (Å²) < 4.78 is 27.5. The van der Waals surface area contributed by atoms with Gasteiger partial charge in [0, 0.05) is 18.7 Å². The van der Waals surface area contributed by atoms with E-state index in [0.29, 0.717) is 12.1 Å². The maximum absolute atomic E-state index is 12.4. The van der Waals surface area contributed by atoms with Gasteiger partial charge in [-0.05, 0) is 49.6 Å². The standard InChI is InChI=1S/C18H22N2O3S/c1-14(8-9-16-6-4-3-5-7-16)20-24(22,23)18-12-10-17(11-13-18)19-15(2)21/h3-7,10-14,20H,8-9H2,1-2H3,(H,19,21)/t14-/m0/s1. The molecule has 0 aliphatic rings. The summed E-state index contributed by atoms with van der Waals surface area (Å²) in [5.41, 5.74) is 1.75. The minimum absolute atomic E-state index is 0.176. The molecule has 2 aromatic rings. The first kappa shape index (κ1) is 18.2. The molecule has 2 rings (SSSR count). The normalized spacial score (nSPS) is 12.6. The predicted octanol–water partition coefficient (Wildman–Crippen LogP) is 2.94. The largest absolute Gasteiger partial charge is 0.326 e. The Balaban J connectivity index is 1.95. The molecule has 0 saturated heterocycles. The second-order valence-electron chi connectivity index (χ2n) is 5.75. The van der Waals surface area contributed by atoms with Crippen molar-refractivity contribution >= 4 is 21.6 Å². The van der Waals surface area contributed by atoms with Crippen molar-refractivity contribution in [3.8, 4) is 0 Å². The van der Waals surface area contributed by atoms with E-state index in [1.54, 1.807) is 12.1 Å². The van der Waals surface area contributed by atoms with Gasteiger partial charge in [-0.2, -0.15) is 0 Å². The van der Waals surface area contributed by atoms with Crippen molar-refractivity contribution in [2.24, 2.45) is 0 Å². The molecule has 0 fully saturated rings. The van der Waals surface area contributed by atoms with Crippen molar-refractivity contribution in [3.05, 3.63) is 60.2 Å². The van der Waals surface area contributed by atoms with Crippen LogP contribution in [0, 0.1) is 0 Å². The van der Waals surface area contributed by atoms with Crippen molar-refractivity contribution in [1.82, 2.24) is 4.72 Å². The first-order valence-corrected chi connectivity index (χ1v) is 9.29. The number of sulfonamides is 1. The van der Waals surface area contributed by atoms with E-state index in [2.05, 4.69) is 10.0 Å². The van der Waals surface area contributed by atoms with Gasteiger partial charge in [0.2, 0.25) is 15.9 Å². The second kappa shape index (κ2) is 8.08. The van der Waals surface area contributed by atoms with Gasteiger partial charge in [-0.1, -0.05) is 30.3 Å². The molecule has 0 bridgehead atoms. The molecular formula is C18H22N2O3S. The maximum Gasteiger partial charge on any atom is 0.240 e. The molecule has 0 unspecified atom stereocenters. The summed E-state index contributed by atoms with van der Waals surface area (Å²) in [5.74, 6) is -0.196. The van der Waals surface area contributed by atoms with Crippen LogP contribution < -0.4 is 10.0 Å². The fourth-order valence-electron chi connectivity index (χ4n) is 2.34. The second-order valence-corrected chi connectivity index (χ2v) is 7.47. The molecule has 2 aromatic carbocycles. The first-order valence-electron chi connectivity index (χ1n) is 7.81. The molecule has 0 spiro atoms. The summed E-state index contributed by atoms with van der Waals surface area (Å²) in [6, 6.07) is 15.9. The summed E-state index contributed by atoms with van der Waals surface area (Å²) >= 11 is 0. The number of aryl methyl sites for hydroxylation is 1. The summed E-state index contributed by atoms with van der Waals surface area (Å²) in [6.45, 7) is 3.26. The molecule has 1 atom stereocenters. The summed E-state index contributed by atoms with van der Waals surface area (Å²) in [7, 11) is -3.57. The number of hydrogen-bond acceptors (Lipinski definition) is 3. The fourth-order valence-corrected chi connectivity index (χ4v) is 3.62. The highest BCUT2D eigenvalue weighted by Gasteiger charge is 2.17. The van der Waals surface area contributed by atoms with Crippen LogP contribution in [0.3, 0.4) is 0 Å². The number of carbonyl (C=O) groups excluding carboxylic acids is 1. The third-order valence-corrected chi connectivity index (χ3v) is 5.16. The third-order valence-electron chi connectivity index (χ3n) is 3.55. The number of carbonyl (C=O) groups is 1. The molecule has 1 amide bonds. The molecule has 6 heteroatoms. The van der Waals surface area contributed by atoms with Crippen molar-refractivity contribution in [1.29, 1.82) is 0 Å². The number of benzene rings is 2. The SMILES string of the molecule is CC(=O)Nc1ccc(S(=O)(=O)N[C@@H](C)CCc2ccccc2)cc1. The van der Waals surface area contributed by atoms with E-state index in [-0.39, 0.29) is 16.8 Å². The molecule has 0 saturated carbocycles. The van der Waals surface area contributed by atoms with Crippen LogP contribution >= 0.6 is 0 Å². The van der Waals surface area contributed by atoms with Crippen LogP contribution in [0.2, 0.25) is 0 Å². The Bertz CT molecular complexity index is 772. The van der Waals surface area contributed by atoms with Crippen LogP contribution in [0.15, 0.2) is 59.5 Å². The molecule has 128 valence electrons. The zero-order valence-corrected chi connectivity index (χ0v) is 14.6. The van der Waals surface area contributed by atoms with Gasteiger partial charge in [-0.25, -0.2) is 13.1 Å². The van der Waals surface area contributed by atoms with Gasteiger partial charge in [0.25, 0.3) is 0 Å². The van der Waals surface area contributed by atoms with Gasteiger partial charge in [0.05, 0.1) is 4.90 Å².